The largest absolute Gasteiger partial charge is 0.486 e. The molecule has 0 N–H and O–H groups in total. The second kappa shape index (κ2) is 16.1. The minimum absolute atomic E-state index is 0. The molecular weight excluding hydrogens is 795 g/mol. The first-order valence-electron chi connectivity index (χ1n) is 17.5. The number of nitrogens with zero attached hydrogens (tertiary/aromatic N) is 3. The van der Waals surface area contributed by atoms with Gasteiger partial charge in [0.1, 0.15) is 0 Å². The fraction of sp³-hybridized carbons (Fsp3) is 0.372. The third-order valence-electron chi connectivity index (χ3n) is 9.09. The van der Waals surface area contributed by atoms with Crippen LogP contribution in [0.5, 0.6) is 0 Å². The fourth-order valence-corrected chi connectivity index (χ4v) is 7.93. The number of fused-ring (bicyclic) bond motifs is 3. The zero-order valence-corrected chi connectivity index (χ0v) is 34.3. The van der Waals surface area contributed by atoms with Crippen molar-refractivity contribution in [2.75, 3.05) is 0 Å². The molecule has 2 aromatic carbocycles. The van der Waals surface area contributed by atoms with Crippen LogP contribution in [0.1, 0.15) is 83.9 Å². The molecule has 0 amide bonds. The Morgan fingerprint density at radius 2 is 1.59 bits per heavy atom. The Bertz CT molecular complexity index is 1980. The minimum atomic E-state index is -1.38. The van der Waals surface area contributed by atoms with E-state index in [-0.39, 0.29) is 25.5 Å². The van der Waals surface area contributed by atoms with E-state index in [1.165, 1.54) is 21.9 Å². The SMILES string of the molecule is CC(C)Cc1cc(-c2[c-]cc(C(C)(C)C)cc2)ncc1[Si](C)(C)C.CCC(CC)c1ccnc(-c2[c-]ccc3c2oc2ncccc23)c1.[Ir]. The molecule has 6 rings (SSSR count). The summed E-state index contributed by atoms with van der Waals surface area (Å²) in [5.41, 5.74) is 9.68. The van der Waals surface area contributed by atoms with Crippen LogP contribution in [0.25, 0.3) is 44.6 Å². The third-order valence-corrected chi connectivity index (χ3v) is 11.2. The van der Waals surface area contributed by atoms with E-state index in [9.17, 15) is 0 Å². The van der Waals surface area contributed by atoms with E-state index in [4.69, 9.17) is 9.40 Å². The van der Waals surface area contributed by atoms with Crippen LogP contribution in [0.4, 0.5) is 0 Å². The molecule has 0 saturated carbocycles. The predicted octanol–water partition coefficient (Wildman–Crippen LogP) is 11.3. The molecule has 0 aliphatic rings. The summed E-state index contributed by atoms with van der Waals surface area (Å²) >= 11 is 0. The first-order valence-corrected chi connectivity index (χ1v) is 21.0. The average Bonchev–Trinajstić information content (AvgIpc) is 3.44. The van der Waals surface area contributed by atoms with E-state index >= 15 is 0 Å². The maximum atomic E-state index is 6.01. The number of rotatable bonds is 8. The predicted molar refractivity (Wildman–Crippen MR) is 206 cm³/mol. The van der Waals surface area contributed by atoms with E-state index < -0.39 is 8.07 Å². The molecule has 0 spiro atoms. The Morgan fingerprint density at radius 3 is 2.22 bits per heavy atom. The van der Waals surface area contributed by atoms with E-state index in [1.54, 1.807) is 6.20 Å². The number of aromatic nitrogens is 3. The summed E-state index contributed by atoms with van der Waals surface area (Å²) in [4.78, 5) is 13.7. The molecule has 0 atom stereocenters. The first kappa shape index (κ1) is 38.4. The van der Waals surface area contributed by atoms with Crippen LogP contribution in [0, 0.1) is 18.1 Å². The Hall–Kier alpha value is -3.44. The van der Waals surface area contributed by atoms with Crippen LogP contribution in [0.15, 0.2) is 83.7 Å². The van der Waals surface area contributed by atoms with Crippen LogP contribution in [0.2, 0.25) is 19.6 Å². The van der Waals surface area contributed by atoms with Crippen molar-refractivity contribution in [3.8, 4) is 22.5 Å². The van der Waals surface area contributed by atoms with Gasteiger partial charge in [0.15, 0.2) is 0 Å². The molecule has 6 aromatic rings. The third kappa shape index (κ3) is 9.03. The number of hydrogen-bond acceptors (Lipinski definition) is 4. The van der Waals surface area contributed by atoms with Crippen molar-refractivity contribution < 1.29 is 24.5 Å². The quantitative estimate of drug-likeness (QED) is 0.113. The van der Waals surface area contributed by atoms with Crippen molar-refractivity contribution in [3.05, 3.63) is 108 Å². The summed E-state index contributed by atoms with van der Waals surface area (Å²) in [6, 6.07) is 27.8. The van der Waals surface area contributed by atoms with Crippen molar-refractivity contribution in [2.24, 2.45) is 5.92 Å². The summed E-state index contributed by atoms with van der Waals surface area (Å²) in [7, 11) is -1.38. The smallest absolute Gasteiger partial charge is 0.216 e. The Labute approximate surface area is 308 Å². The fourth-order valence-electron chi connectivity index (χ4n) is 6.34. The molecule has 49 heavy (non-hydrogen) atoms. The summed E-state index contributed by atoms with van der Waals surface area (Å²) in [6.45, 7) is 22.9. The molecule has 0 bridgehead atoms. The second-order valence-corrected chi connectivity index (χ2v) is 20.4. The number of hydrogen-bond donors (Lipinski definition) is 0. The van der Waals surface area contributed by atoms with Gasteiger partial charge < -0.3 is 14.4 Å². The summed E-state index contributed by atoms with van der Waals surface area (Å²) in [6.07, 6.45) is 9.14. The molecule has 4 aromatic heterocycles. The number of pyridine rings is 3. The van der Waals surface area contributed by atoms with Crippen LogP contribution in [0.3, 0.4) is 0 Å². The molecule has 0 unspecified atom stereocenters. The molecule has 0 saturated heterocycles. The zero-order chi connectivity index (χ0) is 34.6. The molecule has 6 heteroatoms. The first-order chi connectivity index (χ1) is 22.8. The summed E-state index contributed by atoms with van der Waals surface area (Å²) < 4.78 is 6.01. The van der Waals surface area contributed by atoms with E-state index in [0.717, 1.165) is 58.1 Å². The van der Waals surface area contributed by atoms with Crippen molar-refractivity contribution in [1.29, 1.82) is 0 Å². The van der Waals surface area contributed by atoms with Gasteiger partial charge in [-0.3, -0.25) is 0 Å². The van der Waals surface area contributed by atoms with Crippen molar-refractivity contribution in [2.45, 2.75) is 98.7 Å². The van der Waals surface area contributed by atoms with Crippen molar-refractivity contribution >= 4 is 35.3 Å². The van der Waals surface area contributed by atoms with Gasteiger partial charge in [0.2, 0.25) is 5.71 Å². The van der Waals surface area contributed by atoms with Crippen LogP contribution >= 0.6 is 0 Å². The Balaban J connectivity index is 0.000000216. The molecule has 0 aliphatic carbocycles. The van der Waals surface area contributed by atoms with Gasteiger partial charge in [-0.15, -0.1) is 53.6 Å². The topological polar surface area (TPSA) is 51.8 Å². The van der Waals surface area contributed by atoms with Gasteiger partial charge in [0.05, 0.1) is 13.7 Å². The molecule has 4 heterocycles. The number of benzene rings is 2. The van der Waals surface area contributed by atoms with Gasteiger partial charge >= 0.3 is 0 Å². The summed E-state index contributed by atoms with van der Waals surface area (Å²) in [5, 5.41) is 3.58. The van der Waals surface area contributed by atoms with Gasteiger partial charge in [-0.05, 0) is 71.3 Å². The zero-order valence-electron chi connectivity index (χ0n) is 30.9. The minimum Gasteiger partial charge on any atom is -0.486 e. The monoisotopic (exact) mass is 846 g/mol. The van der Waals surface area contributed by atoms with E-state index in [0.29, 0.717) is 17.5 Å². The molecule has 0 aliphatic heterocycles. The van der Waals surface area contributed by atoms with Gasteiger partial charge in [0.25, 0.3) is 0 Å². The molecule has 1 radical (unpaired) electrons. The average molecular weight is 846 g/mol. The van der Waals surface area contributed by atoms with Gasteiger partial charge in [0, 0.05) is 44.1 Å². The normalized spacial score (nSPS) is 11.9. The maximum Gasteiger partial charge on any atom is 0.216 e. The van der Waals surface area contributed by atoms with Gasteiger partial charge in [-0.1, -0.05) is 102 Å². The molecule has 259 valence electrons. The Kier molecular flexibility index (Phi) is 12.6. The van der Waals surface area contributed by atoms with Crippen molar-refractivity contribution in [3.63, 3.8) is 0 Å². The molecule has 4 nitrogen and oxygen atoms in total. The maximum absolute atomic E-state index is 6.01. The van der Waals surface area contributed by atoms with Crippen LogP contribution in [-0.4, -0.2) is 23.0 Å². The van der Waals surface area contributed by atoms with Crippen LogP contribution in [-0.2, 0) is 31.9 Å². The van der Waals surface area contributed by atoms with E-state index in [2.05, 4.69) is 133 Å². The molecular formula is C43H51IrN3OSi-2. The Morgan fingerprint density at radius 1 is 0.837 bits per heavy atom. The van der Waals surface area contributed by atoms with Crippen LogP contribution < -0.4 is 5.19 Å². The van der Waals surface area contributed by atoms with Crippen molar-refractivity contribution in [1.82, 2.24) is 15.0 Å². The van der Waals surface area contributed by atoms with Gasteiger partial charge in [-0.2, -0.15) is 0 Å². The summed E-state index contributed by atoms with van der Waals surface area (Å²) in [5.74, 6) is 1.21. The molecule has 0 fully saturated rings. The van der Waals surface area contributed by atoms with Gasteiger partial charge in [-0.25, -0.2) is 4.98 Å². The standard InChI is InChI=1S/C22H32NSi.C21H19N2O.Ir/c1-16(2)13-18-14-20(23-15-21(18)24(6,7)8)17-9-11-19(12-10-17)22(3,4)5;1-3-14(4-2)15-10-12-22-19(13-15)18-8-5-7-16-17-9-6-11-23-21(17)24-20(16)18;/h9,11-12,14-16H,13H2,1-8H3;5-7,9-14H,3-4H2,1-2H3;/q2*-1;. The second-order valence-electron chi connectivity index (χ2n) is 15.4. The van der Waals surface area contributed by atoms with E-state index in [1.807, 2.05) is 30.5 Å². The number of furan rings is 1.